The van der Waals surface area contributed by atoms with Crippen molar-refractivity contribution in [3.63, 3.8) is 0 Å². The Morgan fingerprint density at radius 3 is 2.32 bits per heavy atom. The second kappa shape index (κ2) is 6.23. The molecule has 1 aromatic carbocycles. The van der Waals surface area contributed by atoms with E-state index < -0.39 is 15.9 Å². The zero-order valence-electron chi connectivity index (χ0n) is 13.7. The number of pyridine rings is 2. The monoisotopic (exact) mass is 356 g/mol. The lowest BCUT2D eigenvalue weighted by atomic mass is 10.0. The third-order valence-corrected chi connectivity index (χ3v) is 5.62. The summed E-state index contributed by atoms with van der Waals surface area (Å²) >= 11 is 0. The van der Waals surface area contributed by atoms with Gasteiger partial charge in [-0.2, -0.15) is 0 Å². The van der Waals surface area contributed by atoms with Crippen LogP contribution >= 0.6 is 0 Å². The van der Waals surface area contributed by atoms with Crippen LogP contribution in [0.5, 0.6) is 0 Å². The zero-order valence-corrected chi connectivity index (χ0v) is 14.5. The highest BCUT2D eigenvalue weighted by Crippen LogP contribution is 2.27. The smallest absolute Gasteiger partial charge is 0.267 e. The molecule has 2 aromatic heterocycles. The van der Waals surface area contributed by atoms with Crippen molar-refractivity contribution in [2.75, 3.05) is 14.1 Å². The Kier molecular flexibility index (Phi) is 4.23. The highest BCUT2D eigenvalue weighted by molar-refractivity contribution is 7.89. The molecule has 1 amide bonds. The molecule has 0 fully saturated rings. The van der Waals surface area contributed by atoms with Gasteiger partial charge in [-0.3, -0.25) is 9.78 Å². The molecule has 0 saturated carbocycles. The Morgan fingerprint density at radius 2 is 1.72 bits per heavy atom. The van der Waals surface area contributed by atoms with Crippen LogP contribution in [0.25, 0.3) is 22.0 Å². The minimum absolute atomic E-state index is 0.159. The Bertz CT molecular complexity index is 1060. The molecule has 0 unspecified atom stereocenters. The lowest BCUT2D eigenvalue weighted by Gasteiger charge is -2.12. The van der Waals surface area contributed by atoms with Crippen LogP contribution in [0.2, 0.25) is 0 Å². The number of fused-ring (bicyclic) bond motifs is 1. The number of rotatable bonds is 4. The van der Waals surface area contributed by atoms with E-state index in [1.54, 1.807) is 36.7 Å². The summed E-state index contributed by atoms with van der Waals surface area (Å²) in [7, 11) is -0.537. The molecular weight excluding hydrogens is 340 g/mol. The standard InChI is InChI=1S/C17H16N4O3S/c1-21(2)25(23,24)13-6-3-11(4-7-13)14-10-19-9-12-5-8-15(17(18)22)20-16(12)14/h3-10H,1-2H3,(H2,18,22). The summed E-state index contributed by atoms with van der Waals surface area (Å²) in [5.41, 5.74) is 7.47. The van der Waals surface area contributed by atoms with Crippen LogP contribution in [-0.4, -0.2) is 42.7 Å². The van der Waals surface area contributed by atoms with E-state index in [2.05, 4.69) is 9.97 Å². The molecule has 8 heteroatoms. The number of carbonyl (C=O) groups excluding carboxylic acids is 1. The minimum Gasteiger partial charge on any atom is -0.364 e. The third kappa shape index (κ3) is 3.09. The largest absolute Gasteiger partial charge is 0.364 e. The summed E-state index contributed by atoms with van der Waals surface area (Å²) in [6.45, 7) is 0. The maximum absolute atomic E-state index is 12.2. The van der Waals surface area contributed by atoms with Gasteiger partial charge in [-0.25, -0.2) is 17.7 Å². The second-order valence-corrected chi connectivity index (χ2v) is 7.78. The van der Waals surface area contributed by atoms with Crippen LogP contribution in [-0.2, 0) is 10.0 Å². The summed E-state index contributed by atoms with van der Waals surface area (Å²) in [5.74, 6) is -0.614. The van der Waals surface area contributed by atoms with Crippen LogP contribution in [0.1, 0.15) is 10.5 Å². The van der Waals surface area contributed by atoms with Crippen molar-refractivity contribution in [3.05, 3.63) is 54.5 Å². The average Bonchev–Trinajstić information content (AvgIpc) is 2.60. The highest BCUT2D eigenvalue weighted by atomic mass is 32.2. The molecule has 2 N–H and O–H groups in total. The first-order chi connectivity index (χ1) is 11.8. The van der Waals surface area contributed by atoms with E-state index in [4.69, 9.17) is 5.73 Å². The number of benzene rings is 1. The van der Waals surface area contributed by atoms with Crippen molar-refractivity contribution in [1.82, 2.24) is 14.3 Å². The van der Waals surface area contributed by atoms with Gasteiger partial charge < -0.3 is 5.73 Å². The average molecular weight is 356 g/mol. The van der Waals surface area contributed by atoms with Crippen LogP contribution in [0, 0.1) is 0 Å². The molecule has 0 bridgehead atoms. The van der Waals surface area contributed by atoms with E-state index in [0.29, 0.717) is 11.1 Å². The summed E-state index contributed by atoms with van der Waals surface area (Å²) in [6, 6.07) is 9.70. The van der Waals surface area contributed by atoms with E-state index in [9.17, 15) is 13.2 Å². The van der Waals surface area contributed by atoms with E-state index in [-0.39, 0.29) is 10.6 Å². The normalized spacial score (nSPS) is 11.8. The Morgan fingerprint density at radius 1 is 1.04 bits per heavy atom. The minimum atomic E-state index is -3.50. The predicted molar refractivity (Wildman–Crippen MR) is 94.4 cm³/mol. The van der Waals surface area contributed by atoms with Crippen molar-refractivity contribution < 1.29 is 13.2 Å². The summed E-state index contributed by atoms with van der Waals surface area (Å²) in [4.78, 5) is 20.1. The van der Waals surface area contributed by atoms with Gasteiger partial charge in [0, 0.05) is 37.4 Å². The van der Waals surface area contributed by atoms with Gasteiger partial charge in [0.2, 0.25) is 10.0 Å². The van der Waals surface area contributed by atoms with Crippen molar-refractivity contribution >= 4 is 26.8 Å². The fourth-order valence-electron chi connectivity index (χ4n) is 2.41. The first kappa shape index (κ1) is 17.0. The SMILES string of the molecule is CN(C)S(=O)(=O)c1ccc(-c2cncc3ccc(C(N)=O)nc23)cc1. The van der Waals surface area contributed by atoms with E-state index in [1.165, 1.54) is 26.2 Å². The maximum Gasteiger partial charge on any atom is 0.267 e. The van der Waals surface area contributed by atoms with Gasteiger partial charge in [0.05, 0.1) is 10.4 Å². The van der Waals surface area contributed by atoms with Crippen LogP contribution in [0.3, 0.4) is 0 Å². The van der Waals surface area contributed by atoms with Crippen molar-refractivity contribution in [2.24, 2.45) is 5.73 Å². The highest BCUT2D eigenvalue weighted by Gasteiger charge is 2.17. The molecule has 3 rings (SSSR count). The van der Waals surface area contributed by atoms with Crippen LogP contribution in [0.4, 0.5) is 0 Å². The third-order valence-electron chi connectivity index (χ3n) is 3.80. The van der Waals surface area contributed by atoms with E-state index >= 15 is 0 Å². The molecule has 0 aliphatic carbocycles. The number of nitrogens with zero attached hydrogens (tertiary/aromatic N) is 3. The number of amides is 1. The number of hydrogen-bond acceptors (Lipinski definition) is 5. The Balaban J connectivity index is 2.13. The number of primary amides is 1. The Hall–Kier alpha value is -2.84. The van der Waals surface area contributed by atoms with Crippen molar-refractivity contribution in [1.29, 1.82) is 0 Å². The maximum atomic E-state index is 12.2. The van der Waals surface area contributed by atoms with Crippen molar-refractivity contribution in [3.8, 4) is 11.1 Å². The fourth-order valence-corrected chi connectivity index (χ4v) is 3.31. The second-order valence-electron chi connectivity index (χ2n) is 5.63. The lowest BCUT2D eigenvalue weighted by molar-refractivity contribution is 0.0996. The predicted octanol–water partition coefficient (Wildman–Crippen LogP) is 1.65. The Labute approximate surface area is 145 Å². The van der Waals surface area contributed by atoms with Gasteiger partial charge >= 0.3 is 0 Å². The lowest BCUT2D eigenvalue weighted by Crippen LogP contribution is -2.22. The molecule has 0 atom stereocenters. The molecule has 3 aromatic rings. The molecule has 0 radical (unpaired) electrons. The molecule has 25 heavy (non-hydrogen) atoms. The van der Waals surface area contributed by atoms with Gasteiger partial charge in [-0.1, -0.05) is 12.1 Å². The van der Waals surface area contributed by atoms with E-state index in [0.717, 1.165) is 15.3 Å². The van der Waals surface area contributed by atoms with Gasteiger partial charge in [0.1, 0.15) is 5.69 Å². The molecule has 0 spiro atoms. The van der Waals surface area contributed by atoms with Gasteiger partial charge in [-0.05, 0) is 29.8 Å². The summed E-state index contributed by atoms with van der Waals surface area (Å²) in [5, 5.41) is 0.757. The van der Waals surface area contributed by atoms with Gasteiger partial charge in [0.25, 0.3) is 5.91 Å². The number of nitrogens with two attached hydrogens (primary N) is 1. The number of carbonyl (C=O) groups is 1. The molecule has 0 aliphatic heterocycles. The molecular formula is C17H16N4O3S. The number of aromatic nitrogens is 2. The first-order valence-electron chi connectivity index (χ1n) is 7.38. The van der Waals surface area contributed by atoms with Crippen LogP contribution in [0.15, 0.2) is 53.7 Å². The molecule has 0 aliphatic rings. The first-order valence-corrected chi connectivity index (χ1v) is 8.82. The quantitative estimate of drug-likeness (QED) is 0.765. The fraction of sp³-hybridized carbons (Fsp3) is 0.118. The van der Waals surface area contributed by atoms with Crippen molar-refractivity contribution in [2.45, 2.75) is 4.90 Å². The molecule has 2 heterocycles. The van der Waals surface area contributed by atoms with Gasteiger partial charge in [0.15, 0.2) is 0 Å². The zero-order chi connectivity index (χ0) is 18.2. The summed E-state index contributed by atoms with van der Waals surface area (Å²) < 4.78 is 25.5. The van der Waals surface area contributed by atoms with Crippen LogP contribution < -0.4 is 5.73 Å². The molecule has 0 saturated heterocycles. The molecule has 128 valence electrons. The topological polar surface area (TPSA) is 106 Å². The number of hydrogen-bond donors (Lipinski definition) is 1. The van der Waals surface area contributed by atoms with Gasteiger partial charge in [-0.15, -0.1) is 0 Å². The number of sulfonamides is 1. The van der Waals surface area contributed by atoms with E-state index in [1.807, 2.05) is 0 Å². The summed E-state index contributed by atoms with van der Waals surface area (Å²) in [6.07, 6.45) is 3.26. The molecule has 7 nitrogen and oxygen atoms in total.